The summed E-state index contributed by atoms with van der Waals surface area (Å²) in [5, 5.41) is 5.98. The van der Waals surface area contributed by atoms with E-state index < -0.39 is 11.6 Å². The van der Waals surface area contributed by atoms with E-state index in [4.69, 9.17) is 0 Å². The molecule has 0 unspecified atom stereocenters. The molecule has 0 saturated carbocycles. The Hall–Kier alpha value is -2.57. The molecule has 90 valence electrons. The number of benzene rings is 1. The zero-order valence-electron chi connectivity index (χ0n) is 8.87. The molecule has 3 aromatic rings. The second-order valence-electron chi connectivity index (χ2n) is 3.65. The standard InChI is InChI=1S/C11H6F2N4O/c12-5-1-2-6-10(9(5)13)15-11(14-6)7-3-4-8(18)17-16-7/h1-4H,(H,14,15)(H,17,18). The van der Waals surface area contributed by atoms with Crippen molar-refractivity contribution in [3.05, 3.63) is 46.3 Å². The molecule has 3 rings (SSSR count). The average Bonchev–Trinajstić information content (AvgIpc) is 2.80. The Kier molecular flexibility index (Phi) is 2.19. The van der Waals surface area contributed by atoms with Crippen LogP contribution in [-0.4, -0.2) is 20.2 Å². The SMILES string of the molecule is O=c1ccc(-c2nc3c(F)c(F)ccc3[nH]2)n[nH]1. The molecule has 0 atom stereocenters. The third-order valence-corrected chi connectivity index (χ3v) is 2.47. The van der Waals surface area contributed by atoms with Gasteiger partial charge >= 0.3 is 0 Å². The third kappa shape index (κ3) is 1.56. The first-order valence-corrected chi connectivity index (χ1v) is 5.05. The van der Waals surface area contributed by atoms with Gasteiger partial charge in [0.1, 0.15) is 11.2 Å². The molecule has 2 heterocycles. The lowest BCUT2D eigenvalue weighted by molar-refractivity contribution is 0.515. The molecular formula is C11H6F2N4O. The molecule has 0 saturated heterocycles. The van der Waals surface area contributed by atoms with Gasteiger partial charge in [-0.05, 0) is 18.2 Å². The minimum Gasteiger partial charge on any atom is -0.336 e. The van der Waals surface area contributed by atoms with Crippen molar-refractivity contribution >= 4 is 11.0 Å². The van der Waals surface area contributed by atoms with Gasteiger partial charge in [-0.25, -0.2) is 18.9 Å². The molecule has 0 spiro atoms. The van der Waals surface area contributed by atoms with Crippen LogP contribution in [0.25, 0.3) is 22.6 Å². The Morgan fingerprint density at radius 1 is 1.11 bits per heavy atom. The first kappa shape index (κ1) is 10.6. The smallest absolute Gasteiger partial charge is 0.264 e. The highest BCUT2D eigenvalue weighted by Gasteiger charge is 2.13. The van der Waals surface area contributed by atoms with E-state index in [1.54, 1.807) is 0 Å². The molecule has 18 heavy (non-hydrogen) atoms. The van der Waals surface area contributed by atoms with Crippen molar-refractivity contribution in [1.82, 2.24) is 20.2 Å². The summed E-state index contributed by atoms with van der Waals surface area (Å²) in [6, 6.07) is 5.10. The van der Waals surface area contributed by atoms with E-state index in [2.05, 4.69) is 20.2 Å². The Bertz CT molecular complexity index is 773. The fourth-order valence-corrected chi connectivity index (χ4v) is 1.62. The highest BCUT2D eigenvalue weighted by atomic mass is 19.2. The summed E-state index contributed by atoms with van der Waals surface area (Å²) in [6.45, 7) is 0. The lowest BCUT2D eigenvalue weighted by Crippen LogP contribution is -2.05. The number of hydrogen-bond donors (Lipinski definition) is 2. The first-order valence-electron chi connectivity index (χ1n) is 5.05. The molecular weight excluding hydrogens is 242 g/mol. The molecule has 7 heteroatoms. The average molecular weight is 248 g/mol. The molecule has 5 nitrogen and oxygen atoms in total. The minimum atomic E-state index is -1.01. The Morgan fingerprint density at radius 2 is 1.94 bits per heavy atom. The van der Waals surface area contributed by atoms with Crippen molar-refractivity contribution in [2.45, 2.75) is 0 Å². The topological polar surface area (TPSA) is 74.4 Å². The molecule has 2 N–H and O–H groups in total. The number of imidazole rings is 1. The van der Waals surface area contributed by atoms with Gasteiger partial charge in [-0.15, -0.1) is 0 Å². The number of aromatic nitrogens is 4. The van der Waals surface area contributed by atoms with E-state index in [0.717, 1.165) is 6.07 Å². The first-order chi connectivity index (χ1) is 8.65. The quantitative estimate of drug-likeness (QED) is 0.686. The van der Waals surface area contributed by atoms with Crippen LogP contribution in [0.5, 0.6) is 0 Å². The van der Waals surface area contributed by atoms with Crippen LogP contribution in [-0.2, 0) is 0 Å². The highest BCUT2D eigenvalue weighted by Crippen LogP contribution is 2.21. The van der Waals surface area contributed by atoms with E-state index in [9.17, 15) is 13.6 Å². The van der Waals surface area contributed by atoms with Gasteiger partial charge < -0.3 is 4.98 Å². The maximum atomic E-state index is 13.5. The van der Waals surface area contributed by atoms with Gasteiger partial charge in [0.25, 0.3) is 5.56 Å². The number of fused-ring (bicyclic) bond motifs is 1. The van der Waals surface area contributed by atoms with Crippen molar-refractivity contribution in [2.75, 3.05) is 0 Å². The van der Waals surface area contributed by atoms with Gasteiger partial charge in [0, 0.05) is 6.07 Å². The maximum absolute atomic E-state index is 13.5. The monoisotopic (exact) mass is 248 g/mol. The lowest BCUT2D eigenvalue weighted by Gasteiger charge is -1.91. The molecule has 0 aliphatic rings. The molecule has 1 aromatic carbocycles. The summed E-state index contributed by atoms with van der Waals surface area (Å²) in [7, 11) is 0. The molecule has 0 bridgehead atoms. The summed E-state index contributed by atoms with van der Waals surface area (Å²) in [6.07, 6.45) is 0. The predicted molar refractivity (Wildman–Crippen MR) is 59.9 cm³/mol. The Labute approximate surface area is 98.5 Å². The number of hydrogen-bond acceptors (Lipinski definition) is 3. The van der Waals surface area contributed by atoms with Gasteiger partial charge in [0.2, 0.25) is 0 Å². The largest absolute Gasteiger partial charge is 0.336 e. The number of halogens is 2. The summed E-state index contributed by atoms with van der Waals surface area (Å²) < 4.78 is 26.5. The van der Waals surface area contributed by atoms with E-state index in [-0.39, 0.29) is 16.9 Å². The Balaban J connectivity index is 2.22. The number of aromatic amines is 2. The lowest BCUT2D eigenvalue weighted by atomic mass is 10.3. The van der Waals surface area contributed by atoms with E-state index in [1.807, 2.05) is 0 Å². The van der Waals surface area contributed by atoms with E-state index >= 15 is 0 Å². The molecule has 0 aliphatic carbocycles. The second kappa shape index (κ2) is 3.73. The Morgan fingerprint density at radius 3 is 2.67 bits per heavy atom. The van der Waals surface area contributed by atoms with Gasteiger partial charge in [-0.1, -0.05) is 0 Å². The second-order valence-corrected chi connectivity index (χ2v) is 3.65. The van der Waals surface area contributed by atoms with Crippen molar-refractivity contribution < 1.29 is 8.78 Å². The summed E-state index contributed by atoms with van der Waals surface area (Å²) in [5.41, 5.74) is 0.243. The highest BCUT2D eigenvalue weighted by molar-refractivity contribution is 5.79. The van der Waals surface area contributed by atoms with Gasteiger partial charge in [0.05, 0.1) is 5.52 Å². The molecule has 0 aliphatic heterocycles. The van der Waals surface area contributed by atoms with Gasteiger partial charge in [-0.2, -0.15) is 5.10 Å². The zero-order chi connectivity index (χ0) is 12.7. The maximum Gasteiger partial charge on any atom is 0.264 e. The van der Waals surface area contributed by atoms with Crippen LogP contribution in [0.3, 0.4) is 0 Å². The number of nitrogens with zero attached hydrogens (tertiary/aromatic N) is 2. The molecule has 2 aromatic heterocycles. The number of nitrogens with one attached hydrogen (secondary N) is 2. The zero-order valence-corrected chi connectivity index (χ0v) is 8.87. The fraction of sp³-hybridized carbons (Fsp3) is 0. The number of rotatable bonds is 1. The van der Waals surface area contributed by atoms with Gasteiger partial charge in [0.15, 0.2) is 17.5 Å². The summed E-state index contributed by atoms with van der Waals surface area (Å²) in [4.78, 5) is 17.6. The van der Waals surface area contributed by atoms with Crippen LogP contribution in [0.15, 0.2) is 29.1 Å². The normalized spacial score (nSPS) is 11.0. The predicted octanol–water partition coefficient (Wildman–Crippen LogP) is 1.59. The van der Waals surface area contributed by atoms with Crippen molar-refractivity contribution in [3.63, 3.8) is 0 Å². The van der Waals surface area contributed by atoms with Crippen LogP contribution in [0.2, 0.25) is 0 Å². The van der Waals surface area contributed by atoms with Crippen LogP contribution in [0, 0.1) is 11.6 Å². The minimum absolute atomic E-state index is 0.0991. The van der Waals surface area contributed by atoms with Crippen LogP contribution >= 0.6 is 0 Å². The summed E-state index contributed by atoms with van der Waals surface area (Å²) in [5.74, 6) is -1.72. The molecule has 0 fully saturated rings. The molecule has 0 amide bonds. The fourth-order valence-electron chi connectivity index (χ4n) is 1.62. The van der Waals surface area contributed by atoms with Crippen LogP contribution < -0.4 is 5.56 Å². The van der Waals surface area contributed by atoms with Crippen molar-refractivity contribution in [2.24, 2.45) is 0 Å². The van der Waals surface area contributed by atoms with Crippen molar-refractivity contribution in [3.8, 4) is 11.5 Å². The van der Waals surface area contributed by atoms with Crippen LogP contribution in [0.1, 0.15) is 0 Å². The van der Waals surface area contributed by atoms with E-state index in [0.29, 0.717) is 11.2 Å². The number of H-pyrrole nitrogens is 2. The van der Waals surface area contributed by atoms with Crippen molar-refractivity contribution in [1.29, 1.82) is 0 Å². The summed E-state index contributed by atoms with van der Waals surface area (Å²) >= 11 is 0. The molecule has 0 radical (unpaired) electrons. The van der Waals surface area contributed by atoms with Crippen LogP contribution in [0.4, 0.5) is 8.78 Å². The van der Waals surface area contributed by atoms with E-state index in [1.165, 1.54) is 18.2 Å². The third-order valence-electron chi connectivity index (χ3n) is 2.47. The van der Waals surface area contributed by atoms with Gasteiger partial charge in [-0.3, -0.25) is 4.79 Å².